The summed E-state index contributed by atoms with van der Waals surface area (Å²) in [5.74, 6) is 0.0965. The summed E-state index contributed by atoms with van der Waals surface area (Å²) in [6, 6.07) is 5.87. The first kappa shape index (κ1) is 18.0. The van der Waals surface area contributed by atoms with Crippen LogP contribution in [0.2, 0.25) is 0 Å². The number of rotatable bonds is 4. The summed E-state index contributed by atoms with van der Waals surface area (Å²) < 4.78 is 19.2. The average molecular weight is 379 g/mol. The highest BCUT2D eigenvalue weighted by atomic mass is 19.1. The Hall–Kier alpha value is -3.42. The van der Waals surface area contributed by atoms with Crippen molar-refractivity contribution in [2.45, 2.75) is 18.8 Å². The number of benzene rings is 1. The van der Waals surface area contributed by atoms with Crippen molar-refractivity contribution >= 4 is 5.91 Å². The highest BCUT2D eigenvalue weighted by Gasteiger charge is 2.29. The Kier molecular flexibility index (Phi) is 5.18. The smallest absolute Gasteiger partial charge is 0.274 e. The average Bonchev–Trinajstić information content (AvgIpc) is 2.74. The van der Waals surface area contributed by atoms with Gasteiger partial charge < -0.3 is 9.64 Å². The molecule has 1 atom stereocenters. The van der Waals surface area contributed by atoms with Crippen molar-refractivity contribution in [3.05, 3.63) is 72.5 Å². The largest absolute Gasteiger partial charge is 0.437 e. The van der Waals surface area contributed by atoms with Crippen LogP contribution in [-0.2, 0) is 0 Å². The number of carbonyl (C=O) groups is 1. The first-order chi connectivity index (χ1) is 13.7. The van der Waals surface area contributed by atoms with E-state index in [-0.39, 0.29) is 17.6 Å². The van der Waals surface area contributed by atoms with Gasteiger partial charge in [-0.2, -0.15) is 0 Å². The molecule has 1 aliphatic heterocycles. The molecule has 2 aromatic heterocycles. The summed E-state index contributed by atoms with van der Waals surface area (Å²) in [6.07, 6.45) is 9.30. The van der Waals surface area contributed by atoms with E-state index in [1.807, 2.05) is 0 Å². The molecule has 0 unspecified atom stereocenters. The number of hydrogen-bond acceptors (Lipinski definition) is 6. The molecule has 1 aliphatic rings. The standard InChI is InChI=1S/C20H18FN5O2/c21-15-4-1-5-16(11-15)28-19-18(24-8-9-25-19)14-3-2-10-26(13-14)20(27)17-12-22-6-7-23-17/h1,4-9,11-12,14H,2-3,10,13H2/t14-/m0/s1. The van der Waals surface area contributed by atoms with Gasteiger partial charge in [-0.3, -0.25) is 14.8 Å². The van der Waals surface area contributed by atoms with Gasteiger partial charge in [-0.25, -0.2) is 14.4 Å². The normalized spacial score (nSPS) is 16.6. The van der Waals surface area contributed by atoms with Crippen LogP contribution in [0.3, 0.4) is 0 Å². The third kappa shape index (κ3) is 3.95. The van der Waals surface area contributed by atoms with Crippen molar-refractivity contribution in [3.8, 4) is 11.6 Å². The monoisotopic (exact) mass is 379 g/mol. The van der Waals surface area contributed by atoms with Gasteiger partial charge in [-0.05, 0) is 25.0 Å². The van der Waals surface area contributed by atoms with Crippen LogP contribution in [0.4, 0.5) is 4.39 Å². The van der Waals surface area contributed by atoms with Crippen LogP contribution in [-0.4, -0.2) is 43.8 Å². The van der Waals surface area contributed by atoms with Gasteiger partial charge in [0.25, 0.3) is 5.91 Å². The molecule has 0 radical (unpaired) electrons. The quantitative estimate of drug-likeness (QED) is 0.692. The van der Waals surface area contributed by atoms with E-state index >= 15 is 0 Å². The van der Waals surface area contributed by atoms with Crippen molar-refractivity contribution in [3.63, 3.8) is 0 Å². The highest BCUT2D eigenvalue weighted by Crippen LogP contribution is 2.33. The lowest BCUT2D eigenvalue weighted by atomic mass is 9.94. The Morgan fingerprint density at radius 2 is 2.00 bits per heavy atom. The molecule has 3 aromatic rings. The Bertz CT molecular complexity index is 970. The maximum Gasteiger partial charge on any atom is 0.274 e. The SMILES string of the molecule is O=C(c1cnccn1)N1CCC[C@H](c2nccnc2Oc2cccc(F)c2)C1. The van der Waals surface area contributed by atoms with Crippen molar-refractivity contribution < 1.29 is 13.9 Å². The molecule has 3 heterocycles. The molecule has 0 spiro atoms. The molecular weight excluding hydrogens is 361 g/mol. The second-order valence-corrected chi connectivity index (χ2v) is 6.49. The van der Waals surface area contributed by atoms with Crippen molar-refractivity contribution in [1.29, 1.82) is 0 Å². The molecule has 4 rings (SSSR count). The van der Waals surface area contributed by atoms with Crippen LogP contribution in [0.15, 0.2) is 55.2 Å². The number of nitrogens with zero attached hydrogens (tertiary/aromatic N) is 5. The lowest BCUT2D eigenvalue weighted by Gasteiger charge is -2.32. The molecule has 1 aromatic carbocycles. The first-order valence-corrected chi connectivity index (χ1v) is 9.00. The predicted octanol–water partition coefficient (Wildman–Crippen LogP) is 3.22. The molecule has 1 saturated heterocycles. The van der Waals surface area contributed by atoms with Crippen LogP contribution in [0.5, 0.6) is 11.6 Å². The number of ether oxygens (including phenoxy) is 1. The van der Waals surface area contributed by atoms with Crippen LogP contribution in [0, 0.1) is 5.82 Å². The van der Waals surface area contributed by atoms with Crippen LogP contribution < -0.4 is 4.74 Å². The molecule has 1 amide bonds. The van der Waals surface area contributed by atoms with Crippen LogP contribution in [0.1, 0.15) is 34.9 Å². The fourth-order valence-electron chi connectivity index (χ4n) is 3.29. The Morgan fingerprint density at radius 3 is 2.82 bits per heavy atom. The third-order valence-electron chi connectivity index (χ3n) is 4.58. The van der Waals surface area contributed by atoms with Crippen LogP contribution in [0.25, 0.3) is 0 Å². The second-order valence-electron chi connectivity index (χ2n) is 6.49. The topological polar surface area (TPSA) is 81.1 Å². The summed E-state index contributed by atoms with van der Waals surface area (Å²) in [6.45, 7) is 1.12. The molecule has 0 saturated carbocycles. The minimum absolute atomic E-state index is 0.0355. The van der Waals surface area contributed by atoms with Gasteiger partial charge in [0, 0.05) is 49.9 Å². The van der Waals surface area contributed by atoms with E-state index < -0.39 is 0 Å². The molecule has 142 valence electrons. The Morgan fingerprint density at radius 1 is 1.14 bits per heavy atom. The van der Waals surface area contributed by atoms with Crippen molar-refractivity contribution in [2.75, 3.05) is 13.1 Å². The minimum Gasteiger partial charge on any atom is -0.437 e. The van der Waals surface area contributed by atoms with Crippen LogP contribution >= 0.6 is 0 Å². The van der Waals surface area contributed by atoms with Gasteiger partial charge in [0.1, 0.15) is 23.0 Å². The fourth-order valence-corrected chi connectivity index (χ4v) is 3.29. The zero-order valence-corrected chi connectivity index (χ0v) is 15.0. The molecule has 0 N–H and O–H groups in total. The third-order valence-corrected chi connectivity index (χ3v) is 4.58. The lowest BCUT2D eigenvalue weighted by Crippen LogP contribution is -2.39. The zero-order valence-electron chi connectivity index (χ0n) is 15.0. The number of amides is 1. The Balaban J connectivity index is 1.55. The number of hydrogen-bond donors (Lipinski definition) is 0. The maximum absolute atomic E-state index is 13.5. The molecule has 8 heteroatoms. The lowest BCUT2D eigenvalue weighted by molar-refractivity contribution is 0.0698. The molecule has 1 fully saturated rings. The number of carbonyl (C=O) groups excluding carboxylic acids is 1. The predicted molar refractivity (Wildman–Crippen MR) is 98.4 cm³/mol. The van der Waals surface area contributed by atoms with E-state index in [0.717, 1.165) is 12.8 Å². The zero-order chi connectivity index (χ0) is 19.3. The summed E-state index contributed by atoms with van der Waals surface area (Å²) in [5.41, 5.74) is 0.974. The van der Waals surface area contributed by atoms with E-state index in [1.165, 1.54) is 36.9 Å². The summed E-state index contributed by atoms with van der Waals surface area (Å²) in [7, 11) is 0. The molecular formula is C20H18FN5O2. The van der Waals surface area contributed by atoms with E-state index in [0.29, 0.717) is 36.1 Å². The van der Waals surface area contributed by atoms with E-state index in [1.54, 1.807) is 23.2 Å². The highest BCUT2D eigenvalue weighted by molar-refractivity contribution is 5.92. The van der Waals surface area contributed by atoms with Gasteiger partial charge in [0.05, 0.1) is 6.20 Å². The summed E-state index contributed by atoms with van der Waals surface area (Å²) >= 11 is 0. The molecule has 0 bridgehead atoms. The van der Waals surface area contributed by atoms with Gasteiger partial charge in [-0.1, -0.05) is 6.07 Å². The second kappa shape index (κ2) is 8.08. The number of piperidine rings is 1. The number of likely N-dealkylation sites (tertiary alicyclic amines) is 1. The van der Waals surface area contributed by atoms with Gasteiger partial charge in [-0.15, -0.1) is 0 Å². The van der Waals surface area contributed by atoms with Gasteiger partial charge >= 0.3 is 0 Å². The van der Waals surface area contributed by atoms with E-state index in [4.69, 9.17) is 4.74 Å². The fraction of sp³-hybridized carbons (Fsp3) is 0.250. The molecule has 0 aliphatic carbocycles. The molecule has 28 heavy (non-hydrogen) atoms. The minimum atomic E-state index is -0.388. The van der Waals surface area contributed by atoms with Gasteiger partial charge in [0.2, 0.25) is 5.88 Å². The maximum atomic E-state index is 13.5. The Labute approximate surface area is 161 Å². The number of aromatic nitrogens is 4. The summed E-state index contributed by atoms with van der Waals surface area (Å²) in [5, 5.41) is 0. The van der Waals surface area contributed by atoms with E-state index in [9.17, 15) is 9.18 Å². The van der Waals surface area contributed by atoms with Crippen molar-refractivity contribution in [2.24, 2.45) is 0 Å². The van der Waals surface area contributed by atoms with Crippen molar-refractivity contribution in [1.82, 2.24) is 24.8 Å². The van der Waals surface area contributed by atoms with Gasteiger partial charge in [0.15, 0.2) is 0 Å². The molecule has 7 nitrogen and oxygen atoms in total. The first-order valence-electron chi connectivity index (χ1n) is 9.00. The number of halogens is 1. The summed E-state index contributed by atoms with van der Waals surface area (Å²) in [4.78, 5) is 31.2. The van der Waals surface area contributed by atoms with E-state index in [2.05, 4.69) is 19.9 Å².